The minimum atomic E-state index is -0.667. The summed E-state index contributed by atoms with van der Waals surface area (Å²) in [5, 5.41) is 89.1. The number of aryl methyl sites for hydroxylation is 1. The zero-order valence-electron chi connectivity index (χ0n) is 45.7. The number of benzene rings is 5. The van der Waals surface area contributed by atoms with Crippen LogP contribution in [0.25, 0.3) is 22.9 Å². The molecule has 14 atom stereocenters. The standard InChI is InChI=1S/C68H80N4O7/c1-2-3-5-15-47(43-11-6-4-7-12-43)53-37-65(38-59(77)71-53)36-52(72-64-51(65)35-46-14-10-31-67(46)33-32-66-30-9-13-45(66)25-29-56(75)63(66)68(64,67)58-39-69-40-70-58)44-23-18-41(19-24-44)20-27-50-48(26-21-42-22-28-54(73)57(76)34-42)49-16-8-17-55(74)60(49)62(79)61(50)78/h4,6-8,11-12,16-19,21-26,28-29,34,39-40,45-47,51-53,56,59,63-64,71-79H,2-3,5,9-10,13-15,20,27,30-33,35-38H2,1H3,(H,69,70). The highest BCUT2D eigenvalue weighted by molar-refractivity contribution is 6.03. The molecule has 1 aromatic heterocycles. The molecule has 14 unspecified atom stereocenters. The molecule has 11 heteroatoms. The number of phenolic OH excluding ortho intramolecular Hbond substituents is 5. The Morgan fingerprint density at radius 3 is 2.38 bits per heavy atom. The number of piperidine rings is 2. The van der Waals surface area contributed by atoms with Crippen molar-refractivity contribution < 1.29 is 35.7 Å². The number of allylic oxidation sites excluding steroid dienone is 1. The summed E-state index contributed by atoms with van der Waals surface area (Å²) in [4.78, 5) is 8.76. The third-order valence-corrected chi connectivity index (χ3v) is 22.2. The normalized spacial score (nSPS) is 34.0. The van der Waals surface area contributed by atoms with Gasteiger partial charge >= 0.3 is 0 Å². The lowest BCUT2D eigenvalue weighted by Crippen LogP contribution is -2.78. The number of H-pyrrole nitrogens is 1. The van der Waals surface area contributed by atoms with Crippen LogP contribution < -0.4 is 10.6 Å². The fourth-order valence-electron chi connectivity index (χ4n) is 19.2. The second-order valence-corrected chi connectivity index (χ2v) is 25.6. The summed E-state index contributed by atoms with van der Waals surface area (Å²) in [7, 11) is 0. The molecular weight excluding hydrogens is 985 g/mol. The van der Waals surface area contributed by atoms with Crippen LogP contribution in [0.4, 0.5) is 0 Å². The van der Waals surface area contributed by atoms with Crippen molar-refractivity contribution >= 4 is 22.9 Å². The number of imidazole rings is 1. The van der Waals surface area contributed by atoms with Crippen LogP contribution in [-0.2, 0) is 18.3 Å². The van der Waals surface area contributed by atoms with E-state index < -0.39 is 17.7 Å². The lowest BCUT2D eigenvalue weighted by atomic mass is 9.31. The van der Waals surface area contributed by atoms with E-state index in [0.29, 0.717) is 53.2 Å². The number of hydrogen-bond acceptors (Lipinski definition) is 10. The van der Waals surface area contributed by atoms with Gasteiger partial charge in [0.05, 0.1) is 17.8 Å². The SMILES string of the molecule is CCCCCC(c1ccccc1)C1CC2(CC(O)N1)CC(c1ccc(CCc3c(O)c(O)c4c(O)cccc4c3C=Cc3ccc(O)c(O)c3)cc1)NC1C2CC2CCCC23CCC24CCCC2C=CC(O)C4C13c1cnc[nH]1. The number of rotatable bonds is 13. The molecule has 7 aliphatic rings. The average molecular weight is 1070 g/mol. The highest BCUT2D eigenvalue weighted by atomic mass is 16.3. The van der Waals surface area contributed by atoms with Gasteiger partial charge in [0.25, 0.3) is 0 Å². The van der Waals surface area contributed by atoms with E-state index >= 15 is 0 Å². The quantitative estimate of drug-likeness (QED) is 0.0230. The summed E-state index contributed by atoms with van der Waals surface area (Å²) < 4.78 is 0. The number of unbranched alkanes of at least 4 members (excludes halogenated alkanes) is 2. The van der Waals surface area contributed by atoms with E-state index in [0.717, 1.165) is 69.8 Å². The Kier molecular flexibility index (Phi) is 13.5. The van der Waals surface area contributed by atoms with E-state index in [2.05, 4.69) is 95.5 Å². The third kappa shape index (κ3) is 8.36. The molecule has 79 heavy (non-hydrogen) atoms. The predicted molar refractivity (Wildman–Crippen MR) is 309 cm³/mol. The number of aromatic nitrogens is 2. The van der Waals surface area contributed by atoms with Crippen LogP contribution in [-0.4, -0.2) is 70.1 Å². The maximum Gasteiger partial charge on any atom is 0.169 e. The summed E-state index contributed by atoms with van der Waals surface area (Å²) in [6.45, 7) is 2.28. The molecule has 3 spiro atoms. The first-order valence-electron chi connectivity index (χ1n) is 30.0. The van der Waals surface area contributed by atoms with Gasteiger partial charge in [0, 0.05) is 46.9 Å². The van der Waals surface area contributed by atoms with E-state index in [1.54, 1.807) is 18.2 Å². The second-order valence-electron chi connectivity index (χ2n) is 25.6. The summed E-state index contributed by atoms with van der Waals surface area (Å²) in [5.41, 5.74) is 5.84. The van der Waals surface area contributed by atoms with Gasteiger partial charge in [-0.2, -0.15) is 0 Å². The van der Waals surface area contributed by atoms with E-state index in [9.17, 15) is 35.7 Å². The topological polar surface area (TPSA) is 194 Å². The Bertz CT molecular complexity index is 3250. The van der Waals surface area contributed by atoms with Gasteiger partial charge in [-0.15, -0.1) is 0 Å². The van der Waals surface area contributed by atoms with Crippen LogP contribution in [0.15, 0.2) is 116 Å². The number of aromatic hydroxyl groups is 5. The van der Waals surface area contributed by atoms with Gasteiger partial charge in [-0.25, -0.2) is 4.98 Å². The number of nitrogens with zero attached hydrogens (tertiary/aromatic N) is 1. The number of aromatic amines is 1. The van der Waals surface area contributed by atoms with Gasteiger partial charge in [0.1, 0.15) is 12.0 Å². The predicted octanol–water partition coefficient (Wildman–Crippen LogP) is 12.7. The molecule has 4 saturated carbocycles. The van der Waals surface area contributed by atoms with Crippen molar-refractivity contribution in [2.75, 3.05) is 0 Å². The molecule has 13 rings (SSSR count). The first-order valence-corrected chi connectivity index (χ1v) is 30.0. The summed E-state index contributed by atoms with van der Waals surface area (Å²) in [6.07, 6.45) is 29.4. The molecule has 2 aliphatic heterocycles. The van der Waals surface area contributed by atoms with Crippen LogP contribution in [0.2, 0.25) is 0 Å². The Labute approximate surface area is 465 Å². The molecule has 11 nitrogen and oxygen atoms in total. The lowest BCUT2D eigenvalue weighted by Gasteiger charge is -2.75. The van der Waals surface area contributed by atoms with Crippen molar-refractivity contribution in [1.29, 1.82) is 0 Å². The molecule has 0 amide bonds. The van der Waals surface area contributed by atoms with Crippen LogP contribution in [0.3, 0.4) is 0 Å². The first-order chi connectivity index (χ1) is 38.4. The zero-order chi connectivity index (χ0) is 54.3. The molecule has 6 aromatic rings. The van der Waals surface area contributed by atoms with Gasteiger partial charge in [0.15, 0.2) is 23.0 Å². The number of nitrogens with one attached hydrogen (secondary N) is 3. The Morgan fingerprint density at radius 1 is 0.747 bits per heavy atom. The molecule has 6 fully saturated rings. The molecule has 0 radical (unpaired) electrons. The van der Waals surface area contributed by atoms with E-state index in [-0.39, 0.29) is 86.3 Å². The highest BCUT2D eigenvalue weighted by Gasteiger charge is 2.78. The first kappa shape index (κ1) is 52.3. The molecule has 2 saturated heterocycles. The smallest absolute Gasteiger partial charge is 0.169 e. The van der Waals surface area contributed by atoms with Crippen molar-refractivity contribution in [1.82, 2.24) is 20.6 Å². The maximum absolute atomic E-state index is 13.0. The Balaban J connectivity index is 0.909. The Hall–Kier alpha value is -6.11. The van der Waals surface area contributed by atoms with Crippen LogP contribution >= 0.6 is 0 Å². The number of aliphatic hydroxyl groups is 2. The average Bonchev–Trinajstić information content (AvgIpc) is 2.60. The number of fused-ring (bicyclic) bond motifs is 5. The van der Waals surface area contributed by atoms with E-state index in [1.807, 2.05) is 18.5 Å². The summed E-state index contributed by atoms with van der Waals surface area (Å²) in [5.74, 6) is 0.125. The largest absolute Gasteiger partial charge is 0.507 e. The van der Waals surface area contributed by atoms with Crippen molar-refractivity contribution in [3.05, 3.63) is 155 Å². The van der Waals surface area contributed by atoms with Gasteiger partial charge in [-0.05, 0) is 175 Å². The number of phenols is 5. The van der Waals surface area contributed by atoms with Crippen molar-refractivity contribution in [3.8, 4) is 28.7 Å². The summed E-state index contributed by atoms with van der Waals surface area (Å²) in [6, 6.07) is 29.7. The fourth-order valence-corrected chi connectivity index (χ4v) is 19.2. The van der Waals surface area contributed by atoms with E-state index in [1.165, 1.54) is 67.1 Å². The molecule has 5 aromatic carbocycles. The lowest BCUT2D eigenvalue weighted by molar-refractivity contribution is -0.221. The van der Waals surface area contributed by atoms with E-state index in [4.69, 9.17) is 4.98 Å². The van der Waals surface area contributed by atoms with Gasteiger partial charge in [-0.1, -0.05) is 136 Å². The summed E-state index contributed by atoms with van der Waals surface area (Å²) >= 11 is 0. The number of aliphatic hydroxyl groups excluding tert-OH is 2. The molecule has 10 N–H and O–H groups in total. The van der Waals surface area contributed by atoms with Crippen molar-refractivity contribution in [2.45, 2.75) is 164 Å². The second kappa shape index (κ2) is 20.5. The van der Waals surface area contributed by atoms with Gasteiger partial charge in [0.2, 0.25) is 0 Å². The maximum atomic E-state index is 13.0. The third-order valence-electron chi connectivity index (χ3n) is 22.2. The number of hydrogen-bond donors (Lipinski definition) is 10. The highest BCUT2D eigenvalue weighted by Crippen LogP contribution is 2.79. The van der Waals surface area contributed by atoms with Crippen molar-refractivity contribution in [2.24, 2.45) is 39.9 Å². The van der Waals surface area contributed by atoms with Crippen LogP contribution in [0.5, 0.6) is 28.7 Å². The van der Waals surface area contributed by atoms with Crippen molar-refractivity contribution in [3.63, 3.8) is 0 Å². The fraction of sp³-hybridized carbons (Fsp3) is 0.485. The van der Waals surface area contributed by atoms with Crippen LogP contribution in [0.1, 0.15) is 161 Å². The van der Waals surface area contributed by atoms with Gasteiger partial charge in [-0.3, -0.25) is 5.32 Å². The molecule has 414 valence electrons. The minimum absolute atomic E-state index is 0.00206. The van der Waals surface area contributed by atoms with Gasteiger partial charge < -0.3 is 46.0 Å². The molecule has 3 heterocycles. The molecular formula is C68H80N4O7. The monoisotopic (exact) mass is 1060 g/mol. The zero-order valence-corrected chi connectivity index (χ0v) is 45.7. The molecule has 5 aliphatic carbocycles. The van der Waals surface area contributed by atoms with Crippen LogP contribution in [0, 0.1) is 39.9 Å². The minimum Gasteiger partial charge on any atom is -0.507 e. The molecule has 0 bridgehead atoms. The Morgan fingerprint density at radius 2 is 1.58 bits per heavy atom.